The molecule has 0 amide bonds. The highest BCUT2D eigenvalue weighted by molar-refractivity contribution is 7.72. The van der Waals surface area contributed by atoms with Crippen LogP contribution in [-0.4, -0.2) is 6.66 Å². The van der Waals surface area contributed by atoms with Gasteiger partial charge < -0.3 is 0 Å². The van der Waals surface area contributed by atoms with Gasteiger partial charge in [0, 0.05) is 0 Å². The molecule has 5 rings (SSSR count). The van der Waals surface area contributed by atoms with Crippen molar-refractivity contribution in [3.8, 4) is 11.1 Å². The SMILES string of the molecule is CP(c1ccccc1)c1ccc2ccccc2c1-c1cccc2ccccc12. The van der Waals surface area contributed by atoms with Crippen LogP contribution in [0.3, 0.4) is 0 Å². The molecule has 0 aliphatic rings. The molecule has 0 bridgehead atoms. The van der Waals surface area contributed by atoms with Crippen molar-refractivity contribution in [2.24, 2.45) is 0 Å². The van der Waals surface area contributed by atoms with E-state index in [0.29, 0.717) is 0 Å². The molecule has 1 heteroatoms. The van der Waals surface area contributed by atoms with Crippen molar-refractivity contribution in [3.05, 3.63) is 109 Å². The minimum atomic E-state index is -0.444. The Morgan fingerprint density at radius 1 is 0.500 bits per heavy atom. The molecule has 28 heavy (non-hydrogen) atoms. The lowest BCUT2D eigenvalue weighted by Crippen LogP contribution is -2.13. The van der Waals surface area contributed by atoms with Crippen molar-refractivity contribution in [2.75, 3.05) is 6.66 Å². The summed E-state index contributed by atoms with van der Waals surface area (Å²) in [6, 6.07) is 39.7. The lowest BCUT2D eigenvalue weighted by atomic mass is 9.94. The van der Waals surface area contributed by atoms with Crippen molar-refractivity contribution in [3.63, 3.8) is 0 Å². The topological polar surface area (TPSA) is 0 Å². The Morgan fingerprint density at radius 3 is 1.89 bits per heavy atom. The molecule has 5 aromatic carbocycles. The molecular formula is C27H21P. The number of benzene rings is 5. The normalized spacial score (nSPS) is 12.3. The zero-order valence-corrected chi connectivity index (χ0v) is 16.7. The third-order valence-electron chi connectivity index (χ3n) is 5.47. The van der Waals surface area contributed by atoms with Crippen LogP contribution in [0.1, 0.15) is 0 Å². The second-order valence-corrected chi connectivity index (χ2v) is 9.22. The molecule has 0 heterocycles. The molecule has 134 valence electrons. The van der Waals surface area contributed by atoms with Gasteiger partial charge >= 0.3 is 0 Å². The Hall–Kier alpha value is -2.95. The van der Waals surface area contributed by atoms with Crippen LogP contribution in [0.25, 0.3) is 32.7 Å². The summed E-state index contributed by atoms with van der Waals surface area (Å²) in [5.41, 5.74) is 2.71. The third kappa shape index (κ3) is 2.91. The molecule has 0 spiro atoms. The van der Waals surface area contributed by atoms with Crippen LogP contribution in [0.2, 0.25) is 0 Å². The van der Waals surface area contributed by atoms with E-state index in [-0.39, 0.29) is 0 Å². The monoisotopic (exact) mass is 376 g/mol. The van der Waals surface area contributed by atoms with Crippen LogP contribution in [0.5, 0.6) is 0 Å². The van der Waals surface area contributed by atoms with Crippen LogP contribution < -0.4 is 10.6 Å². The molecule has 0 nitrogen and oxygen atoms in total. The molecule has 0 aliphatic carbocycles. The zero-order valence-electron chi connectivity index (χ0n) is 15.8. The third-order valence-corrected chi connectivity index (χ3v) is 7.64. The second kappa shape index (κ2) is 7.23. The van der Waals surface area contributed by atoms with E-state index in [1.165, 1.54) is 43.3 Å². The summed E-state index contributed by atoms with van der Waals surface area (Å²) in [4.78, 5) is 0. The van der Waals surface area contributed by atoms with Gasteiger partial charge in [0.05, 0.1) is 0 Å². The lowest BCUT2D eigenvalue weighted by Gasteiger charge is -2.21. The standard InChI is InChI=1S/C27H21P/c1-28(22-13-3-2-4-14-22)26-19-18-21-11-6-8-16-24(21)27(26)25-17-9-12-20-10-5-7-15-23(20)25/h2-19H,1H3. The van der Waals surface area contributed by atoms with Crippen molar-refractivity contribution in [1.82, 2.24) is 0 Å². The van der Waals surface area contributed by atoms with Gasteiger partial charge in [-0.1, -0.05) is 109 Å². The van der Waals surface area contributed by atoms with E-state index < -0.39 is 7.92 Å². The van der Waals surface area contributed by atoms with Gasteiger partial charge in [-0.05, 0) is 57.9 Å². The van der Waals surface area contributed by atoms with Crippen molar-refractivity contribution >= 4 is 40.1 Å². The first-order chi connectivity index (χ1) is 13.8. The van der Waals surface area contributed by atoms with E-state index in [1.54, 1.807) is 0 Å². The summed E-state index contributed by atoms with van der Waals surface area (Å²) >= 11 is 0. The predicted molar refractivity (Wildman–Crippen MR) is 125 cm³/mol. The quantitative estimate of drug-likeness (QED) is 0.307. The first-order valence-electron chi connectivity index (χ1n) is 9.61. The summed E-state index contributed by atoms with van der Waals surface area (Å²) < 4.78 is 0. The molecule has 0 saturated heterocycles. The predicted octanol–water partition coefficient (Wildman–Crippen LogP) is 6.72. The summed E-state index contributed by atoms with van der Waals surface area (Å²) in [5, 5.41) is 8.09. The Balaban J connectivity index is 1.86. The molecule has 1 unspecified atom stereocenters. The fourth-order valence-electron chi connectivity index (χ4n) is 4.06. The van der Waals surface area contributed by atoms with E-state index in [1.807, 2.05) is 0 Å². The maximum absolute atomic E-state index is 2.38. The maximum atomic E-state index is 2.38. The maximum Gasteiger partial charge on any atom is -0.00189 e. The minimum Gasteiger partial charge on any atom is -0.0622 e. The van der Waals surface area contributed by atoms with Crippen molar-refractivity contribution in [2.45, 2.75) is 0 Å². The highest BCUT2D eigenvalue weighted by Gasteiger charge is 2.17. The summed E-state index contributed by atoms with van der Waals surface area (Å²) in [6.07, 6.45) is 0. The largest absolute Gasteiger partial charge is 0.0622 e. The number of hydrogen-bond donors (Lipinski definition) is 0. The lowest BCUT2D eigenvalue weighted by molar-refractivity contribution is 1.70. The highest BCUT2D eigenvalue weighted by Crippen LogP contribution is 2.40. The van der Waals surface area contributed by atoms with Crippen LogP contribution >= 0.6 is 7.92 Å². The summed E-state index contributed by atoms with van der Waals surface area (Å²) in [7, 11) is -0.444. The van der Waals surface area contributed by atoms with Gasteiger partial charge in [-0.3, -0.25) is 0 Å². The van der Waals surface area contributed by atoms with E-state index in [9.17, 15) is 0 Å². The van der Waals surface area contributed by atoms with Gasteiger partial charge in [0.1, 0.15) is 0 Å². The molecule has 0 aromatic heterocycles. The summed E-state index contributed by atoms with van der Waals surface area (Å²) in [5.74, 6) is 0. The molecule has 5 aromatic rings. The highest BCUT2D eigenvalue weighted by atomic mass is 31.1. The van der Waals surface area contributed by atoms with Gasteiger partial charge in [0.25, 0.3) is 0 Å². The van der Waals surface area contributed by atoms with E-state index in [2.05, 4.69) is 116 Å². The van der Waals surface area contributed by atoms with Gasteiger partial charge in [-0.15, -0.1) is 0 Å². The Labute approximate surface area is 167 Å². The van der Waals surface area contributed by atoms with Crippen LogP contribution in [-0.2, 0) is 0 Å². The Bertz CT molecular complexity index is 1270. The molecule has 0 aliphatic heterocycles. The number of hydrogen-bond acceptors (Lipinski definition) is 0. The van der Waals surface area contributed by atoms with Crippen LogP contribution in [0.4, 0.5) is 0 Å². The number of rotatable bonds is 3. The molecular weight excluding hydrogens is 355 g/mol. The second-order valence-electron chi connectivity index (χ2n) is 7.10. The van der Waals surface area contributed by atoms with E-state index in [0.717, 1.165) is 0 Å². The molecule has 0 N–H and O–H groups in total. The average Bonchev–Trinajstić information content (AvgIpc) is 2.78. The molecule has 0 fully saturated rings. The Kier molecular flexibility index (Phi) is 4.43. The fraction of sp³-hybridized carbons (Fsp3) is 0.0370. The van der Waals surface area contributed by atoms with Gasteiger partial charge in [0.2, 0.25) is 0 Å². The first-order valence-corrected chi connectivity index (χ1v) is 11.4. The van der Waals surface area contributed by atoms with E-state index in [4.69, 9.17) is 0 Å². The summed E-state index contributed by atoms with van der Waals surface area (Å²) in [6.45, 7) is 2.38. The van der Waals surface area contributed by atoms with Gasteiger partial charge in [-0.2, -0.15) is 0 Å². The van der Waals surface area contributed by atoms with Crippen molar-refractivity contribution < 1.29 is 0 Å². The Morgan fingerprint density at radius 2 is 1.11 bits per heavy atom. The van der Waals surface area contributed by atoms with Crippen molar-refractivity contribution in [1.29, 1.82) is 0 Å². The molecule has 1 atom stereocenters. The molecule has 0 saturated carbocycles. The first kappa shape index (κ1) is 17.2. The molecule has 0 radical (unpaired) electrons. The van der Waals surface area contributed by atoms with Gasteiger partial charge in [-0.25, -0.2) is 0 Å². The van der Waals surface area contributed by atoms with Gasteiger partial charge in [0.15, 0.2) is 0 Å². The van der Waals surface area contributed by atoms with Crippen LogP contribution in [0, 0.1) is 0 Å². The zero-order chi connectivity index (χ0) is 18.9. The smallest absolute Gasteiger partial charge is 0.00189 e. The van der Waals surface area contributed by atoms with Crippen LogP contribution in [0.15, 0.2) is 109 Å². The number of fused-ring (bicyclic) bond motifs is 2. The minimum absolute atomic E-state index is 0.444. The fourth-order valence-corrected chi connectivity index (χ4v) is 5.83. The van der Waals surface area contributed by atoms with E-state index >= 15 is 0 Å². The average molecular weight is 376 g/mol.